The van der Waals surface area contributed by atoms with Crippen LogP contribution in [0.5, 0.6) is 5.75 Å². The molecule has 2 N–H and O–H groups in total. The van der Waals surface area contributed by atoms with Crippen molar-refractivity contribution in [1.82, 2.24) is 10.2 Å². The molecule has 2 rings (SSSR count). The maximum Gasteiger partial charge on any atom is 0.326 e. The molecule has 0 spiro atoms. The molecule has 1 aliphatic rings. The summed E-state index contributed by atoms with van der Waals surface area (Å²) in [6.45, 7) is 0.389. The average molecular weight is 292 g/mol. The number of rotatable bonds is 6. The molecule has 1 aromatic rings. The lowest BCUT2D eigenvalue weighted by Crippen LogP contribution is -2.47. The molecule has 6 nitrogen and oxygen atoms in total. The van der Waals surface area contributed by atoms with E-state index in [-0.39, 0.29) is 11.9 Å². The van der Waals surface area contributed by atoms with Gasteiger partial charge in [0.1, 0.15) is 11.8 Å². The Labute approximate surface area is 123 Å². The SMILES string of the molecule is COc1cccc(CN(C)C(=O)NC(C(=O)O)C2CC2)c1. The van der Waals surface area contributed by atoms with Gasteiger partial charge in [-0.2, -0.15) is 0 Å². The summed E-state index contributed by atoms with van der Waals surface area (Å²) in [5, 5.41) is 11.7. The summed E-state index contributed by atoms with van der Waals surface area (Å²) in [7, 11) is 3.23. The Hall–Kier alpha value is -2.24. The molecule has 0 heterocycles. The number of carbonyl (C=O) groups excluding carboxylic acids is 1. The molecule has 114 valence electrons. The van der Waals surface area contributed by atoms with Crippen molar-refractivity contribution in [3.63, 3.8) is 0 Å². The standard InChI is InChI=1S/C15H20N2O4/c1-17(9-10-4-3-5-12(8-10)21-2)15(20)16-13(14(18)19)11-6-7-11/h3-5,8,11,13H,6-7,9H2,1-2H3,(H,16,20)(H,18,19). The summed E-state index contributed by atoms with van der Waals surface area (Å²) in [5.41, 5.74) is 0.922. The third-order valence-electron chi connectivity index (χ3n) is 3.54. The highest BCUT2D eigenvalue weighted by molar-refractivity contribution is 5.83. The van der Waals surface area contributed by atoms with E-state index in [2.05, 4.69) is 5.32 Å². The van der Waals surface area contributed by atoms with Crippen molar-refractivity contribution in [2.24, 2.45) is 5.92 Å². The van der Waals surface area contributed by atoms with E-state index in [1.807, 2.05) is 24.3 Å². The molecule has 1 fully saturated rings. The molecule has 0 saturated heterocycles. The second-order valence-corrected chi connectivity index (χ2v) is 5.31. The van der Waals surface area contributed by atoms with Crippen LogP contribution in [-0.2, 0) is 11.3 Å². The van der Waals surface area contributed by atoms with E-state index in [1.54, 1.807) is 14.2 Å². The highest BCUT2D eigenvalue weighted by Crippen LogP contribution is 2.32. The number of ether oxygens (including phenoxy) is 1. The van der Waals surface area contributed by atoms with Crippen molar-refractivity contribution in [3.8, 4) is 5.75 Å². The van der Waals surface area contributed by atoms with E-state index >= 15 is 0 Å². The Bertz CT molecular complexity index is 528. The minimum absolute atomic E-state index is 0.0664. The average Bonchev–Trinajstić information content (AvgIpc) is 3.28. The van der Waals surface area contributed by atoms with Gasteiger partial charge in [0.25, 0.3) is 0 Å². The van der Waals surface area contributed by atoms with Gasteiger partial charge in [-0.05, 0) is 36.5 Å². The van der Waals surface area contributed by atoms with Gasteiger partial charge in [-0.15, -0.1) is 0 Å². The molecule has 1 saturated carbocycles. The van der Waals surface area contributed by atoms with Crippen LogP contribution in [0.25, 0.3) is 0 Å². The molecule has 1 unspecified atom stereocenters. The first kappa shape index (κ1) is 15.2. The van der Waals surface area contributed by atoms with Crippen molar-refractivity contribution < 1.29 is 19.4 Å². The fourth-order valence-corrected chi connectivity index (χ4v) is 2.17. The molecule has 0 aromatic heterocycles. The van der Waals surface area contributed by atoms with Gasteiger partial charge in [0.2, 0.25) is 0 Å². The lowest BCUT2D eigenvalue weighted by atomic mass is 10.2. The van der Waals surface area contributed by atoms with Gasteiger partial charge in [-0.3, -0.25) is 0 Å². The molecule has 0 aliphatic heterocycles. The Balaban J connectivity index is 1.93. The molecule has 21 heavy (non-hydrogen) atoms. The molecule has 0 radical (unpaired) electrons. The van der Waals surface area contributed by atoms with E-state index in [1.165, 1.54) is 4.90 Å². The van der Waals surface area contributed by atoms with Crippen molar-refractivity contribution in [2.75, 3.05) is 14.2 Å². The first-order valence-electron chi connectivity index (χ1n) is 6.88. The normalized spacial score (nSPS) is 15.1. The Morgan fingerprint density at radius 1 is 1.48 bits per heavy atom. The van der Waals surface area contributed by atoms with Crippen molar-refractivity contribution in [3.05, 3.63) is 29.8 Å². The summed E-state index contributed by atoms with van der Waals surface area (Å²) < 4.78 is 5.14. The van der Waals surface area contributed by atoms with Crippen LogP contribution in [0.2, 0.25) is 0 Å². The molecule has 1 aliphatic carbocycles. The number of amides is 2. The molecule has 1 aromatic carbocycles. The van der Waals surface area contributed by atoms with Crippen molar-refractivity contribution >= 4 is 12.0 Å². The summed E-state index contributed by atoms with van der Waals surface area (Å²) in [4.78, 5) is 24.7. The number of urea groups is 1. The number of nitrogens with zero attached hydrogens (tertiary/aromatic N) is 1. The number of carboxylic acids is 1. The van der Waals surface area contributed by atoms with Gasteiger partial charge in [-0.25, -0.2) is 9.59 Å². The lowest BCUT2D eigenvalue weighted by molar-refractivity contribution is -0.139. The van der Waals surface area contributed by atoms with E-state index in [9.17, 15) is 9.59 Å². The number of hydrogen-bond donors (Lipinski definition) is 2. The molecule has 1 atom stereocenters. The van der Waals surface area contributed by atoms with Crippen LogP contribution in [-0.4, -0.2) is 42.2 Å². The van der Waals surface area contributed by atoms with E-state index in [0.717, 1.165) is 24.2 Å². The number of carboxylic acid groups (broad SMARTS) is 1. The van der Waals surface area contributed by atoms with Gasteiger partial charge in [0.05, 0.1) is 7.11 Å². The third-order valence-corrected chi connectivity index (χ3v) is 3.54. The summed E-state index contributed by atoms with van der Waals surface area (Å²) in [5.74, 6) is -0.181. The number of carbonyl (C=O) groups is 2. The number of benzene rings is 1. The maximum absolute atomic E-state index is 12.1. The van der Waals surface area contributed by atoms with Crippen LogP contribution in [0.15, 0.2) is 24.3 Å². The van der Waals surface area contributed by atoms with Crippen LogP contribution in [0.1, 0.15) is 18.4 Å². The monoisotopic (exact) mass is 292 g/mol. The molecular weight excluding hydrogens is 272 g/mol. The highest BCUT2D eigenvalue weighted by atomic mass is 16.5. The number of nitrogens with one attached hydrogen (secondary N) is 1. The largest absolute Gasteiger partial charge is 0.497 e. The Morgan fingerprint density at radius 3 is 2.76 bits per heavy atom. The zero-order valence-corrected chi connectivity index (χ0v) is 12.2. The lowest BCUT2D eigenvalue weighted by Gasteiger charge is -2.21. The zero-order valence-electron chi connectivity index (χ0n) is 12.2. The van der Waals surface area contributed by atoms with Gasteiger partial charge >= 0.3 is 12.0 Å². The van der Waals surface area contributed by atoms with Gasteiger partial charge in [0, 0.05) is 13.6 Å². The van der Waals surface area contributed by atoms with Crippen LogP contribution >= 0.6 is 0 Å². The van der Waals surface area contributed by atoms with Gasteiger partial charge < -0.3 is 20.1 Å². The summed E-state index contributed by atoms with van der Waals surface area (Å²) in [6, 6.07) is 6.25. The number of hydrogen-bond acceptors (Lipinski definition) is 3. The summed E-state index contributed by atoms with van der Waals surface area (Å²) in [6.07, 6.45) is 1.72. The minimum atomic E-state index is -0.972. The fourth-order valence-electron chi connectivity index (χ4n) is 2.17. The quantitative estimate of drug-likeness (QED) is 0.836. The predicted molar refractivity (Wildman–Crippen MR) is 77.1 cm³/mol. The number of methoxy groups -OCH3 is 1. The van der Waals surface area contributed by atoms with Crippen molar-refractivity contribution in [1.29, 1.82) is 0 Å². The zero-order chi connectivity index (χ0) is 15.4. The first-order valence-corrected chi connectivity index (χ1v) is 6.88. The second-order valence-electron chi connectivity index (χ2n) is 5.31. The summed E-state index contributed by atoms with van der Waals surface area (Å²) >= 11 is 0. The van der Waals surface area contributed by atoms with Crippen LogP contribution in [0.3, 0.4) is 0 Å². The van der Waals surface area contributed by atoms with E-state index in [0.29, 0.717) is 6.54 Å². The van der Waals surface area contributed by atoms with E-state index in [4.69, 9.17) is 9.84 Å². The van der Waals surface area contributed by atoms with Gasteiger partial charge in [0.15, 0.2) is 0 Å². The third kappa shape index (κ3) is 4.11. The topological polar surface area (TPSA) is 78.9 Å². The fraction of sp³-hybridized carbons (Fsp3) is 0.467. The Morgan fingerprint density at radius 2 is 2.19 bits per heavy atom. The first-order chi connectivity index (χ1) is 10.0. The maximum atomic E-state index is 12.1. The molecule has 0 bridgehead atoms. The highest BCUT2D eigenvalue weighted by Gasteiger charge is 2.37. The molecular formula is C15H20N2O4. The Kier molecular flexibility index (Phi) is 4.67. The molecule has 2 amide bonds. The number of aliphatic carboxylic acids is 1. The smallest absolute Gasteiger partial charge is 0.326 e. The van der Waals surface area contributed by atoms with E-state index < -0.39 is 12.0 Å². The van der Waals surface area contributed by atoms with Crippen LogP contribution in [0, 0.1) is 5.92 Å². The van der Waals surface area contributed by atoms with Crippen LogP contribution < -0.4 is 10.1 Å². The van der Waals surface area contributed by atoms with Crippen molar-refractivity contribution in [2.45, 2.75) is 25.4 Å². The second kappa shape index (κ2) is 6.47. The van der Waals surface area contributed by atoms with Crippen LogP contribution in [0.4, 0.5) is 4.79 Å². The predicted octanol–water partition coefficient (Wildman–Crippen LogP) is 1.70. The minimum Gasteiger partial charge on any atom is -0.497 e. The molecule has 6 heteroatoms. The van der Waals surface area contributed by atoms with Gasteiger partial charge in [-0.1, -0.05) is 12.1 Å².